The second-order valence-corrected chi connectivity index (χ2v) is 4.64. The molecule has 0 radical (unpaired) electrons. The first-order chi connectivity index (χ1) is 11.1. The van der Waals surface area contributed by atoms with Crippen LogP contribution in [0.5, 0.6) is 0 Å². The predicted molar refractivity (Wildman–Crippen MR) is 75.2 cm³/mol. The molecule has 3 aromatic rings. The second kappa shape index (κ2) is 5.81. The highest BCUT2D eigenvalue weighted by molar-refractivity contribution is 5.98. The highest BCUT2D eigenvalue weighted by Gasteiger charge is 2.21. The summed E-state index contributed by atoms with van der Waals surface area (Å²) in [5, 5.41) is 11.5. The highest BCUT2D eigenvalue weighted by atomic mass is 19.1. The van der Waals surface area contributed by atoms with Gasteiger partial charge in [-0.15, -0.1) is 0 Å². The highest BCUT2D eigenvalue weighted by Crippen LogP contribution is 2.18. The largest absolute Gasteiger partial charge is 0.331 e. The van der Waals surface area contributed by atoms with Crippen LogP contribution in [-0.4, -0.2) is 20.3 Å². The molecule has 1 aromatic carbocycles. The summed E-state index contributed by atoms with van der Waals surface area (Å²) in [7, 11) is 0. The van der Waals surface area contributed by atoms with Gasteiger partial charge in [0.2, 0.25) is 0 Å². The van der Waals surface area contributed by atoms with Crippen molar-refractivity contribution in [3.05, 3.63) is 65.9 Å². The average Bonchev–Trinajstić information content (AvgIpc) is 3.01. The van der Waals surface area contributed by atoms with E-state index >= 15 is 0 Å². The SMILES string of the molecule is N#CC(NC(=O)c1nccn2ccnc12)c1ccc(F)cc1F. The summed E-state index contributed by atoms with van der Waals surface area (Å²) >= 11 is 0. The van der Waals surface area contributed by atoms with Crippen molar-refractivity contribution in [2.45, 2.75) is 6.04 Å². The van der Waals surface area contributed by atoms with E-state index in [4.69, 9.17) is 0 Å². The molecule has 1 unspecified atom stereocenters. The molecule has 1 amide bonds. The number of imidazole rings is 1. The van der Waals surface area contributed by atoms with E-state index in [9.17, 15) is 18.8 Å². The van der Waals surface area contributed by atoms with Gasteiger partial charge in [-0.1, -0.05) is 6.07 Å². The Morgan fingerprint density at radius 1 is 1.26 bits per heavy atom. The van der Waals surface area contributed by atoms with Gasteiger partial charge in [-0.2, -0.15) is 5.26 Å². The summed E-state index contributed by atoms with van der Waals surface area (Å²) in [6.07, 6.45) is 6.15. The van der Waals surface area contributed by atoms with E-state index in [1.807, 2.05) is 0 Å². The van der Waals surface area contributed by atoms with Crippen molar-refractivity contribution >= 4 is 11.6 Å². The molecule has 0 spiro atoms. The number of fused-ring (bicyclic) bond motifs is 1. The molecular formula is C15H9F2N5O. The zero-order valence-corrected chi connectivity index (χ0v) is 11.6. The number of carbonyl (C=O) groups excluding carboxylic acids is 1. The third-order valence-electron chi connectivity index (χ3n) is 3.20. The van der Waals surface area contributed by atoms with E-state index < -0.39 is 23.6 Å². The minimum Gasteiger partial charge on any atom is -0.331 e. The van der Waals surface area contributed by atoms with Gasteiger partial charge in [-0.3, -0.25) is 4.79 Å². The zero-order valence-electron chi connectivity index (χ0n) is 11.6. The smallest absolute Gasteiger partial charge is 0.275 e. The van der Waals surface area contributed by atoms with Crippen LogP contribution in [0.4, 0.5) is 8.78 Å². The van der Waals surface area contributed by atoms with Crippen LogP contribution in [0.15, 0.2) is 43.0 Å². The molecule has 0 aliphatic carbocycles. The Morgan fingerprint density at radius 2 is 2.00 bits per heavy atom. The minimum atomic E-state index is -1.28. The number of rotatable bonds is 3. The first-order valence-corrected chi connectivity index (χ1v) is 6.53. The summed E-state index contributed by atoms with van der Waals surface area (Å²) in [5.74, 6) is -2.36. The number of aromatic nitrogens is 3. The third kappa shape index (κ3) is 2.72. The molecule has 23 heavy (non-hydrogen) atoms. The molecule has 0 aliphatic heterocycles. The molecule has 0 saturated heterocycles. The van der Waals surface area contributed by atoms with E-state index in [1.54, 1.807) is 22.9 Å². The number of hydrogen-bond acceptors (Lipinski definition) is 4. The van der Waals surface area contributed by atoms with E-state index in [1.165, 1.54) is 12.4 Å². The number of nitriles is 1. The summed E-state index contributed by atoms with van der Waals surface area (Å²) in [4.78, 5) is 20.2. The predicted octanol–water partition coefficient (Wildman–Crippen LogP) is 2.00. The zero-order chi connectivity index (χ0) is 16.4. The van der Waals surface area contributed by atoms with Crippen LogP contribution in [-0.2, 0) is 0 Å². The van der Waals surface area contributed by atoms with Crippen LogP contribution in [0.2, 0.25) is 0 Å². The van der Waals surface area contributed by atoms with Gasteiger partial charge >= 0.3 is 0 Å². The van der Waals surface area contributed by atoms with Gasteiger partial charge in [-0.25, -0.2) is 18.7 Å². The average molecular weight is 313 g/mol. The molecule has 1 atom stereocenters. The first kappa shape index (κ1) is 14.6. The van der Waals surface area contributed by atoms with Crippen LogP contribution in [0.25, 0.3) is 5.65 Å². The van der Waals surface area contributed by atoms with Crippen molar-refractivity contribution in [3.63, 3.8) is 0 Å². The fourth-order valence-electron chi connectivity index (χ4n) is 2.13. The van der Waals surface area contributed by atoms with Crippen LogP contribution in [0.1, 0.15) is 22.1 Å². The number of nitrogens with zero attached hydrogens (tertiary/aromatic N) is 4. The summed E-state index contributed by atoms with van der Waals surface area (Å²) < 4.78 is 28.3. The lowest BCUT2D eigenvalue weighted by Gasteiger charge is -2.12. The van der Waals surface area contributed by atoms with Crippen molar-refractivity contribution in [3.8, 4) is 6.07 Å². The number of halogens is 2. The summed E-state index contributed by atoms with van der Waals surface area (Å²) in [6.45, 7) is 0. The third-order valence-corrected chi connectivity index (χ3v) is 3.20. The Labute approximate surface area is 129 Å². The van der Waals surface area contributed by atoms with E-state index in [0.717, 1.165) is 12.1 Å². The minimum absolute atomic E-state index is 0.000250. The van der Waals surface area contributed by atoms with E-state index in [0.29, 0.717) is 11.7 Å². The molecule has 0 fully saturated rings. The fourth-order valence-corrected chi connectivity index (χ4v) is 2.13. The maximum atomic E-state index is 13.8. The van der Waals surface area contributed by atoms with Crippen molar-refractivity contribution < 1.29 is 13.6 Å². The van der Waals surface area contributed by atoms with Crippen molar-refractivity contribution in [2.75, 3.05) is 0 Å². The molecule has 8 heteroatoms. The second-order valence-electron chi connectivity index (χ2n) is 4.64. The number of nitrogens with one attached hydrogen (secondary N) is 1. The Bertz CT molecular complexity index is 931. The van der Waals surface area contributed by atoms with Gasteiger partial charge in [0.25, 0.3) is 5.91 Å². The van der Waals surface area contributed by atoms with Gasteiger partial charge in [0.05, 0.1) is 6.07 Å². The molecule has 114 valence electrons. The molecule has 3 rings (SSSR count). The summed E-state index contributed by atoms with van der Waals surface area (Å²) in [5.41, 5.74) is 0.180. The van der Waals surface area contributed by atoms with Gasteiger partial charge in [0, 0.05) is 36.4 Å². The lowest BCUT2D eigenvalue weighted by atomic mass is 10.1. The maximum absolute atomic E-state index is 13.8. The molecule has 0 aliphatic rings. The van der Waals surface area contributed by atoms with Crippen LogP contribution in [0, 0.1) is 23.0 Å². The first-order valence-electron chi connectivity index (χ1n) is 6.53. The normalized spacial score (nSPS) is 11.9. The number of amides is 1. The summed E-state index contributed by atoms with van der Waals surface area (Å²) in [6, 6.07) is 3.28. The van der Waals surface area contributed by atoms with Crippen LogP contribution >= 0.6 is 0 Å². The molecular weight excluding hydrogens is 304 g/mol. The standard InChI is InChI=1S/C15H9F2N5O/c16-9-1-2-10(11(17)7-9)12(8-18)21-15(23)13-14-20-4-6-22(14)5-3-19-13/h1-7,12H,(H,21,23). The molecule has 6 nitrogen and oxygen atoms in total. The Kier molecular flexibility index (Phi) is 3.68. The Morgan fingerprint density at radius 3 is 2.70 bits per heavy atom. The molecule has 2 heterocycles. The monoisotopic (exact) mass is 313 g/mol. The lowest BCUT2D eigenvalue weighted by Crippen LogP contribution is -2.29. The van der Waals surface area contributed by atoms with E-state index in [-0.39, 0.29) is 11.3 Å². The van der Waals surface area contributed by atoms with Crippen molar-refractivity contribution in [2.24, 2.45) is 0 Å². The van der Waals surface area contributed by atoms with Gasteiger partial charge < -0.3 is 9.72 Å². The molecule has 0 bridgehead atoms. The lowest BCUT2D eigenvalue weighted by molar-refractivity contribution is 0.0941. The Hall–Kier alpha value is -3.34. The van der Waals surface area contributed by atoms with Crippen LogP contribution < -0.4 is 5.32 Å². The topological polar surface area (TPSA) is 83.1 Å². The number of benzene rings is 1. The number of carbonyl (C=O) groups is 1. The van der Waals surface area contributed by atoms with Crippen molar-refractivity contribution in [1.82, 2.24) is 19.7 Å². The quantitative estimate of drug-likeness (QED) is 0.801. The molecule has 1 N–H and O–H groups in total. The van der Waals surface area contributed by atoms with Gasteiger partial charge in [-0.05, 0) is 6.07 Å². The molecule has 2 aromatic heterocycles. The number of hydrogen-bond donors (Lipinski definition) is 1. The van der Waals surface area contributed by atoms with E-state index in [2.05, 4.69) is 15.3 Å². The van der Waals surface area contributed by atoms with Crippen LogP contribution in [0.3, 0.4) is 0 Å². The van der Waals surface area contributed by atoms with Crippen molar-refractivity contribution in [1.29, 1.82) is 5.26 Å². The van der Waals surface area contributed by atoms with Gasteiger partial charge in [0.15, 0.2) is 11.3 Å². The maximum Gasteiger partial charge on any atom is 0.275 e. The molecule has 0 saturated carbocycles. The fraction of sp³-hybridized carbons (Fsp3) is 0.0667. The van der Waals surface area contributed by atoms with Gasteiger partial charge in [0.1, 0.15) is 17.7 Å². The Balaban J connectivity index is 1.91.